The van der Waals surface area contributed by atoms with E-state index in [1.54, 1.807) is 16.3 Å². The Balaban J connectivity index is 1.35. The lowest BCUT2D eigenvalue weighted by molar-refractivity contribution is 0.0610. The number of carboxylic acid groups (broad SMARTS) is 1. The molecule has 0 saturated heterocycles. The lowest BCUT2D eigenvalue weighted by atomic mass is 9.77. The molecule has 1 aliphatic rings. The molecular formula is C42H35BrN6O3. The predicted molar refractivity (Wildman–Crippen MR) is 202 cm³/mol. The molecule has 258 valence electrons. The van der Waals surface area contributed by atoms with Gasteiger partial charge in [-0.3, -0.25) is 0 Å². The van der Waals surface area contributed by atoms with Crippen LogP contribution in [0.4, 0.5) is 0 Å². The number of fused-ring (bicyclic) bond motifs is 1. The summed E-state index contributed by atoms with van der Waals surface area (Å²) in [7, 11) is 0. The SMILES string of the molecule is CCc1nc(C)c(C(=O)O)n1CC1(c2ccccc2-c2nnn(C(c3ccccc3)(c3ccccc3)c3ccccc3)n2)Oc2ccccc2C1Br. The van der Waals surface area contributed by atoms with Crippen LogP contribution in [0, 0.1) is 6.92 Å². The zero-order chi connectivity index (χ0) is 35.9. The second kappa shape index (κ2) is 13.4. The van der Waals surface area contributed by atoms with E-state index in [4.69, 9.17) is 20.1 Å². The van der Waals surface area contributed by atoms with Crippen LogP contribution in [-0.2, 0) is 24.1 Å². The minimum atomic E-state index is -1.12. The van der Waals surface area contributed by atoms with E-state index in [1.807, 2.05) is 110 Å². The lowest BCUT2D eigenvalue weighted by Crippen LogP contribution is -2.40. The van der Waals surface area contributed by atoms with E-state index in [-0.39, 0.29) is 17.1 Å². The summed E-state index contributed by atoms with van der Waals surface area (Å²) in [6.45, 7) is 3.87. The number of aromatic nitrogens is 6. The van der Waals surface area contributed by atoms with E-state index in [1.165, 1.54) is 0 Å². The summed E-state index contributed by atoms with van der Waals surface area (Å²) >= 11 is 4.04. The van der Waals surface area contributed by atoms with Gasteiger partial charge in [-0.05, 0) is 34.9 Å². The van der Waals surface area contributed by atoms with Crippen molar-refractivity contribution in [1.29, 1.82) is 0 Å². The van der Waals surface area contributed by atoms with Gasteiger partial charge in [0.2, 0.25) is 5.82 Å². The maximum atomic E-state index is 12.7. The van der Waals surface area contributed by atoms with Gasteiger partial charge in [-0.25, -0.2) is 9.78 Å². The van der Waals surface area contributed by atoms with Crippen LogP contribution < -0.4 is 4.74 Å². The minimum Gasteiger partial charge on any atom is -0.479 e. The quantitative estimate of drug-likeness (QED) is 0.111. The standard InChI is InChI=1S/C42H35BrN6O3/c1-3-36-44-28(2)37(40(50)51)48(36)27-41(38(43)33-24-14-16-26-35(33)52-41)34-25-15-13-23-32(34)39-45-47-49(46-39)42(29-17-7-4-8-18-29,30-19-9-5-10-20-30)31-21-11-6-12-22-31/h4-26,38H,3,27H2,1-2H3,(H,50,51). The van der Waals surface area contributed by atoms with Crippen LogP contribution in [0.3, 0.4) is 0 Å². The number of rotatable bonds is 10. The molecule has 5 aromatic carbocycles. The number of hydrogen-bond donors (Lipinski definition) is 1. The van der Waals surface area contributed by atoms with Gasteiger partial charge in [0.1, 0.15) is 17.3 Å². The van der Waals surface area contributed by atoms with Crippen molar-refractivity contribution in [3.63, 3.8) is 0 Å². The number of para-hydroxylation sites is 1. The highest BCUT2D eigenvalue weighted by Gasteiger charge is 2.51. The van der Waals surface area contributed by atoms with Gasteiger partial charge in [0.25, 0.3) is 0 Å². The molecule has 2 atom stereocenters. The number of aryl methyl sites for hydroxylation is 2. The highest BCUT2D eigenvalue weighted by atomic mass is 79.9. The molecule has 2 aromatic heterocycles. The zero-order valence-corrected chi connectivity index (χ0v) is 30.2. The number of ether oxygens (including phenoxy) is 1. The molecule has 1 N–H and O–H groups in total. The highest BCUT2D eigenvalue weighted by Crippen LogP contribution is 2.56. The summed E-state index contributed by atoms with van der Waals surface area (Å²) in [4.78, 5) is 18.7. The molecule has 9 nitrogen and oxygen atoms in total. The number of halogens is 1. The molecule has 10 heteroatoms. The lowest BCUT2D eigenvalue weighted by Gasteiger charge is -2.35. The van der Waals surface area contributed by atoms with Crippen molar-refractivity contribution in [1.82, 2.24) is 29.8 Å². The number of nitrogens with zero attached hydrogens (tertiary/aromatic N) is 6. The molecule has 3 heterocycles. The Hall–Kier alpha value is -5.87. The Morgan fingerprint density at radius 1 is 0.827 bits per heavy atom. The van der Waals surface area contributed by atoms with Crippen LogP contribution in [0.2, 0.25) is 0 Å². The third-order valence-corrected chi connectivity index (χ3v) is 11.2. The number of carbonyl (C=O) groups is 1. The molecule has 0 aliphatic carbocycles. The van der Waals surface area contributed by atoms with Crippen LogP contribution >= 0.6 is 15.9 Å². The van der Waals surface area contributed by atoms with E-state index in [2.05, 4.69) is 57.3 Å². The largest absolute Gasteiger partial charge is 0.479 e. The molecule has 0 saturated carbocycles. The van der Waals surface area contributed by atoms with Crippen molar-refractivity contribution in [2.75, 3.05) is 0 Å². The summed E-state index contributed by atoms with van der Waals surface area (Å²) < 4.78 is 8.80. The fourth-order valence-electron chi connectivity index (χ4n) is 7.64. The minimum absolute atomic E-state index is 0.135. The van der Waals surface area contributed by atoms with E-state index < -0.39 is 17.1 Å². The van der Waals surface area contributed by atoms with Gasteiger partial charge in [0.15, 0.2) is 11.1 Å². The second-order valence-electron chi connectivity index (χ2n) is 12.9. The molecule has 2 unspecified atom stereocenters. The van der Waals surface area contributed by atoms with Crippen molar-refractivity contribution in [3.05, 3.63) is 185 Å². The number of imidazole rings is 1. The van der Waals surface area contributed by atoms with Crippen LogP contribution in [-0.4, -0.2) is 40.8 Å². The molecule has 8 rings (SSSR count). The Bertz CT molecular complexity index is 2280. The highest BCUT2D eigenvalue weighted by molar-refractivity contribution is 9.09. The average molecular weight is 752 g/mol. The molecule has 0 fully saturated rings. The van der Waals surface area contributed by atoms with Gasteiger partial charge < -0.3 is 14.4 Å². The van der Waals surface area contributed by atoms with E-state index in [0.29, 0.717) is 35.1 Å². The second-order valence-corrected chi connectivity index (χ2v) is 13.8. The van der Waals surface area contributed by atoms with Gasteiger partial charge >= 0.3 is 5.97 Å². The van der Waals surface area contributed by atoms with Crippen molar-refractivity contribution < 1.29 is 14.6 Å². The number of carboxylic acids is 1. The normalized spacial score (nSPS) is 16.7. The number of benzene rings is 5. The predicted octanol–water partition coefficient (Wildman–Crippen LogP) is 8.37. The third-order valence-electron chi connectivity index (χ3n) is 9.94. The van der Waals surface area contributed by atoms with Gasteiger partial charge in [-0.2, -0.15) is 0 Å². The van der Waals surface area contributed by atoms with Crippen LogP contribution in [0.1, 0.15) is 61.6 Å². The number of hydrogen-bond acceptors (Lipinski definition) is 6. The summed E-state index contributed by atoms with van der Waals surface area (Å²) in [5.74, 6) is 0.725. The summed E-state index contributed by atoms with van der Waals surface area (Å²) in [6.07, 6.45) is 0.544. The maximum absolute atomic E-state index is 12.7. The Kier molecular flexibility index (Phi) is 8.55. The first-order chi connectivity index (χ1) is 25.4. The monoisotopic (exact) mass is 750 g/mol. The van der Waals surface area contributed by atoms with Gasteiger partial charge in [0, 0.05) is 23.1 Å². The maximum Gasteiger partial charge on any atom is 0.354 e. The number of alkyl halides is 1. The molecule has 1 aliphatic heterocycles. The molecule has 7 aromatic rings. The zero-order valence-electron chi connectivity index (χ0n) is 28.6. The number of aromatic carboxylic acids is 1. The van der Waals surface area contributed by atoms with Gasteiger partial charge in [0.05, 0.1) is 17.1 Å². The van der Waals surface area contributed by atoms with Crippen LogP contribution in [0.25, 0.3) is 11.4 Å². The summed E-state index contributed by atoms with van der Waals surface area (Å²) in [6, 6.07) is 46.4. The van der Waals surface area contributed by atoms with E-state index in [9.17, 15) is 9.90 Å². The average Bonchev–Trinajstić information content (AvgIpc) is 3.88. The molecular weight excluding hydrogens is 716 g/mol. The van der Waals surface area contributed by atoms with Crippen molar-refractivity contribution in [2.24, 2.45) is 0 Å². The first-order valence-corrected chi connectivity index (χ1v) is 18.1. The van der Waals surface area contributed by atoms with Gasteiger partial charge in [-0.1, -0.05) is 156 Å². The molecule has 0 spiro atoms. The molecule has 0 radical (unpaired) electrons. The smallest absolute Gasteiger partial charge is 0.354 e. The first kappa shape index (κ1) is 33.3. The van der Waals surface area contributed by atoms with Crippen LogP contribution in [0.5, 0.6) is 5.75 Å². The Labute approximate surface area is 309 Å². The molecule has 0 bridgehead atoms. The Morgan fingerprint density at radius 2 is 1.38 bits per heavy atom. The number of tetrazole rings is 1. The fraction of sp³-hybridized carbons (Fsp3) is 0.167. The summed E-state index contributed by atoms with van der Waals surface area (Å²) in [5, 5.41) is 25.2. The van der Waals surface area contributed by atoms with E-state index in [0.717, 1.165) is 27.8 Å². The van der Waals surface area contributed by atoms with Crippen LogP contribution in [0.15, 0.2) is 140 Å². The van der Waals surface area contributed by atoms with Gasteiger partial charge in [-0.15, -0.1) is 15.0 Å². The third kappa shape index (κ3) is 5.24. The topological polar surface area (TPSA) is 108 Å². The first-order valence-electron chi connectivity index (χ1n) is 17.2. The van der Waals surface area contributed by atoms with E-state index >= 15 is 0 Å². The van der Waals surface area contributed by atoms with Crippen molar-refractivity contribution in [3.8, 4) is 17.1 Å². The van der Waals surface area contributed by atoms with Crippen molar-refractivity contribution >= 4 is 21.9 Å². The Morgan fingerprint density at radius 3 is 1.96 bits per heavy atom. The summed E-state index contributed by atoms with van der Waals surface area (Å²) in [5.41, 5.74) is 3.87. The molecule has 52 heavy (non-hydrogen) atoms. The fourth-order valence-corrected chi connectivity index (χ4v) is 8.51. The van der Waals surface area contributed by atoms with Crippen molar-refractivity contribution in [2.45, 2.75) is 42.8 Å². The molecule has 0 amide bonds.